The Kier molecular flexibility index (Phi) is 5.04. The lowest BCUT2D eigenvalue weighted by Crippen LogP contribution is -2.32. The molecule has 0 aliphatic heterocycles. The molecular formula is C20H24N2O2. The number of benzene rings is 2. The summed E-state index contributed by atoms with van der Waals surface area (Å²) >= 11 is 0. The van der Waals surface area contributed by atoms with E-state index in [1.54, 1.807) is 0 Å². The molecule has 126 valence electrons. The summed E-state index contributed by atoms with van der Waals surface area (Å²) in [6, 6.07) is 12.0. The van der Waals surface area contributed by atoms with E-state index in [4.69, 9.17) is 4.74 Å². The van der Waals surface area contributed by atoms with Crippen molar-refractivity contribution in [2.24, 2.45) is 0 Å². The summed E-state index contributed by atoms with van der Waals surface area (Å²) in [5, 5.41) is 5.70. The van der Waals surface area contributed by atoms with Crippen LogP contribution in [0.25, 0.3) is 0 Å². The van der Waals surface area contributed by atoms with Crippen LogP contribution < -0.4 is 15.4 Å². The Morgan fingerprint density at radius 2 is 1.96 bits per heavy atom. The molecule has 0 spiro atoms. The third kappa shape index (κ3) is 3.88. The quantitative estimate of drug-likeness (QED) is 0.817. The maximum Gasteiger partial charge on any atom is 0.319 e. The van der Waals surface area contributed by atoms with Crippen LogP contribution in [0.1, 0.15) is 28.7 Å². The zero-order chi connectivity index (χ0) is 16.9. The van der Waals surface area contributed by atoms with Gasteiger partial charge in [-0.3, -0.25) is 0 Å². The van der Waals surface area contributed by atoms with Gasteiger partial charge in [0.15, 0.2) is 0 Å². The molecule has 0 saturated carbocycles. The second-order valence-electron chi connectivity index (χ2n) is 6.26. The number of fused-ring (bicyclic) bond motifs is 1. The highest BCUT2D eigenvalue weighted by molar-refractivity contribution is 5.90. The van der Waals surface area contributed by atoms with Crippen LogP contribution >= 0.6 is 0 Å². The van der Waals surface area contributed by atoms with Crippen molar-refractivity contribution in [1.82, 2.24) is 5.32 Å². The highest BCUT2D eigenvalue weighted by atomic mass is 16.5. The van der Waals surface area contributed by atoms with Crippen LogP contribution in [0.5, 0.6) is 5.75 Å². The highest BCUT2D eigenvalue weighted by Crippen LogP contribution is 2.25. The van der Waals surface area contributed by atoms with E-state index in [1.807, 2.05) is 38.1 Å². The monoisotopic (exact) mass is 324 g/mol. The smallest absolute Gasteiger partial charge is 0.319 e. The Balaban J connectivity index is 1.43. The second kappa shape index (κ2) is 7.39. The number of hydrogen-bond donors (Lipinski definition) is 2. The number of carbonyl (C=O) groups is 1. The van der Waals surface area contributed by atoms with Gasteiger partial charge >= 0.3 is 6.03 Å². The van der Waals surface area contributed by atoms with Gasteiger partial charge in [0, 0.05) is 5.69 Å². The van der Waals surface area contributed by atoms with Crippen LogP contribution in [-0.2, 0) is 12.8 Å². The van der Waals surface area contributed by atoms with Gasteiger partial charge in [-0.25, -0.2) is 4.79 Å². The summed E-state index contributed by atoms with van der Waals surface area (Å²) in [5.41, 5.74) is 5.92. The Hall–Kier alpha value is -2.49. The SMILES string of the molecule is Cc1cccc(NC(=O)NCCOc2ccc3c(c2)CCC3)c1C. The Morgan fingerprint density at radius 1 is 1.12 bits per heavy atom. The maximum absolute atomic E-state index is 12.0. The van der Waals surface area contributed by atoms with Gasteiger partial charge in [0.25, 0.3) is 0 Å². The number of urea groups is 1. The molecule has 0 radical (unpaired) electrons. The van der Waals surface area contributed by atoms with E-state index in [1.165, 1.54) is 24.0 Å². The first-order valence-electron chi connectivity index (χ1n) is 8.49. The van der Waals surface area contributed by atoms with Gasteiger partial charge < -0.3 is 15.4 Å². The van der Waals surface area contributed by atoms with E-state index < -0.39 is 0 Å². The van der Waals surface area contributed by atoms with Crippen molar-refractivity contribution in [2.45, 2.75) is 33.1 Å². The van der Waals surface area contributed by atoms with Crippen LogP contribution in [0.3, 0.4) is 0 Å². The molecule has 0 atom stereocenters. The average Bonchev–Trinajstić information content (AvgIpc) is 3.03. The van der Waals surface area contributed by atoms with Gasteiger partial charge in [0.05, 0.1) is 6.54 Å². The molecule has 4 nitrogen and oxygen atoms in total. The standard InChI is InChI=1S/C20H24N2O2/c1-14-5-3-8-19(15(14)2)22-20(23)21-11-12-24-18-10-9-16-6-4-7-17(16)13-18/h3,5,8-10,13H,4,6-7,11-12H2,1-2H3,(H2,21,22,23). The molecule has 4 heteroatoms. The Morgan fingerprint density at radius 3 is 2.83 bits per heavy atom. The molecule has 1 aliphatic carbocycles. The van der Waals surface area contributed by atoms with E-state index in [0.29, 0.717) is 13.2 Å². The topological polar surface area (TPSA) is 50.4 Å². The van der Waals surface area contributed by atoms with Gasteiger partial charge in [-0.15, -0.1) is 0 Å². The molecule has 0 unspecified atom stereocenters. The normalized spacial score (nSPS) is 12.6. The zero-order valence-corrected chi connectivity index (χ0v) is 14.3. The third-order valence-electron chi connectivity index (χ3n) is 4.58. The molecule has 24 heavy (non-hydrogen) atoms. The van der Waals surface area contributed by atoms with E-state index in [-0.39, 0.29) is 6.03 Å². The number of amides is 2. The number of rotatable bonds is 5. The largest absolute Gasteiger partial charge is 0.492 e. The number of nitrogens with one attached hydrogen (secondary N) is 2. The molecule has 2 amide bonds. The predicted octanol–water partition coefficient (Wildman–Crippen LogP) is 3.99. The van der Waals surface area contributed by atoms with Crippen LogP contribution in [0, 0.1) is 13.8 Å². The molecule has 0 aromatic heterocycles. The van der Waals surface area contributed by atoms with E-state index in [2.05, 4.69) is 22.8 Å². The lowest BCUT2D eigenvalue weighted by Gasteiger charge is -2.12. The summed E-state index contributed by atoms with van der Waals surface area (Å²) in [6.45, 7) is 4.96. The summed E-state index contributed by atoms with van der Waals surface area (Å²) in [4.78, 5) is 12.0. The van der Waals surface area contributed by atoms with Crippen molar-refractivity contribution in [1.29, 1.82) is 0 Å². The second-order valence-corrected chi connectivity index (χ2v) is 6.26. The predicted molar refractivity (Wildman–Crippen MR) is 96.9 cm³/mol. The molecule has 2 aromatic carbocycles. The van der Waals surface area contributed by atoms with E-state index in [9.17, 15) is 4.79 Å². The minimum Gasteiger partial charge on any atom is -0.492 e. The Labute approximate surface area is 143 Å². The molecule has 0 bridgehead atoms. The molecule has 0 saturated heterocycles. The molecule has 1 aliphatic rings. The first-order chi connectivity index (χ1) is 11.6. The van der Waals surface area contributed by atoms with Gasteiger partial charge in [-0.1, -0.05) is 18.2 Å². The first kappa shape index (κ1) is 16.4. The third-order valence-corrected chi connectivity index (χ3v) is 4.58. The molecular weight excluding hydrogens is 300 g/mol. The number of carbonyl (C=O) groups excluding carboxylic acids is 1. The fourth-order valence-electron chi connectivity index (χ4n) is 3.02. The summed E-state index contributed by atoms with van der Waals surface area (Å²) < 4.78 is 5.73. The lowest BCUT2D eigenvalue weighted by molar-refractivity contribution is 0.247. The Bertz CT molecular complexity index is 740. The molecule has 2 N–H and O–H groups in total. The van der Waals surface area contributed by atoms with Crippen molar-refractivity contribution in [3.8, 4) is 5.75 Å². The summed E-state index contributed by atoms with van der Waals surface area (Å²) in [7, 11) is 0. The zero-order valence-electron chi connectivity index (χ0n) is 14.3. The van der Waals surface area contributed by atoms with Crippen LogP contribution in [-0.4, -0.2) is 19.2 Å². The van der Waals surface area contributed by atoms with E-state index >= 15 is 0 Å². The lowest BCUT2D eigenvalue weighted by atomic mass is 10.1. The average molecular weight is 324 g/mol. The van der Waals surface area contributed by atoms with Gasteiger partial charge in [0.2, 0.25) is 0 Å². The molecule has 0 fully saturated rings. The fraction of sp³-hybridized carbons (Fsp3) is 0.350. The molecule has 2 aromatic rings. The highest BCUT2D eigenvalue weighted by Gasteiger charge is 2.11. The van der Waals surface area contributed by atoms with Gasteiger partial charge in [0.1, 0.15) is 12.4 Å². The van der Waals surface area contributed by atoms with Crippen molar-refractivity contribution in [3.05, 3.63) is 58.7 Å². The summed E-state index contributed by atoms with van der Waals surface area (Å²) in [6.07, 6.45) is 3.55. The van der Waals surface area contributed by atoms with Crippen LogP contribution in [0.15, 0.2) is 36.4 Å². The van der Waals surface area contributed by atoms with E-state index in [0.717, 1.165) is 29.0 Å². The van der Waals surface area contributed by atoms with Gasteiger partial charge in [-0.2, -0.15) is 0 Å². The fourth-order valence-corrected chi connectivity index (χ4v) is 3.02. The maximum atomic E-state index is 12.0. The number of hydrogen-bond acceptors (Lipinski definition) is 2. The van der Waals surface area contributed by atoms with Crippen molar-refractivity contribution in [2.75, 3.05) is 18.5 Å². The van der Waals surface area contributed by atoms with Crippen molar-refractivity contribution >= 4 is 11.7 Å². The van der Waals surface area contributed by atoms with Crippen LogP contribution in [0.2, 0.25) is 0 Å². The number of ether oxygens (including phenoxy) is 1. The van der Waals surface area contributed by atoms with Gasteiger partial charge in [-0.05, 0) is 73.6 Å². The number of anilines is 1. The minimum absolute atomic E-state index is 0.207. The summed E-state index contributed by atoms with van der Waals surface area (Å²) in [5.74, 6) is 0.882. The molecule has 0 heterocycles. The minimum atomic E-state index is -0.207. The number of aryl methyl sites for hydroxylation is 3. The first-order valence-corrected chi connectivity index (χ1v) is 8.49. The molecule has 3 rings (SSSR count). The van der Waals surface area contributed by atoms with Crippen LogP contribution in [0.4, 0.5) is 10.5 Å². The van der Waals surface area contributed by atoms with Crippen molar-refractivity contribution in [3.63, 3.8) is 0 Å². The van der Waals surface area contributed by atoms with Crippen molar-refractivity contribution < 1.29 is 9.53 Å².